The van der Waals surface area contributed by atoms with Crippen molar-refractivity contribution >= 4 is 11.7 Å². The van der Waals surface area contributed by atoms with Gasteiger partial charge < -0.3 is 30.5 Å². The number of ether oxygens (including phenoxy) is 1. The van der Waals surface area contributed by atoms with E-state index in [-0.39, 0.29) is 6.61 Å². The number of aliphatic hydroxyl groups excluding tert-OH is 4. The zero-order chi connectivity index (χ0) is 20.1. The summed E-state index contributed by atoms with van der Waals surface area (Å²) in [5, 5.41) is 43.8. The number of benzene rings is 2. The Labute approximate surface area is 162 Å². The highest BCUT2D eigenvalue weighted by Gasteiger charge is 2.50. The molecule has 3 rings (SSSR count). The van der Waals surface area contributed by atoms with Crippen molar-refractivity contribution in [3.8, 4) is 0 Å². The van der Waals surface area contributed by atoms with Gasteiger partial charge in [-0.25, -0.2) is 4.79 Å². The monoisotopic (exact) mass is 388 g/mol. The van der Waals surface area contributed by atoms with Crippen LogP contribution in [0.25, 0.3) is 0 Å². The summed E-state index contributed by atoms with van der Waals surface area (Å²) in [6.45, 7) is -0.515. The zero-order valence-corrected chi connectivity index (χ0v) is 15.1. The molecule has 0 aromatic heterocycles. The molecule has 2 amide bonds. The summed E-state index contributed by atoms with van der Waals surface area (Å²) >= 11 is 0. The second kappa shape index (κ2) is 9.13. The number of piperidine rings is 1. The lowest BCUT2D eigenvalue weighted by Gasteiger charge is -2.47. The van der Waals surface area contributed by atoms with E-state index in [1.54, 1.807) is 30.3 Å². The van der Waals surface area contributed by atoms with Crippen LogP contribution in [-0.4, -0.2) is 68.5 Å². The normalized spacial score (nSPS) is 27.4. The minimum atomic E-state index is -1.66. The third-order valence-electron chi connectivity index (χ3n) is 4.75. The molecular formula is C20H24N2O6. The number of amides is 2. The van der Waals surface area contributed by atoms with Gasteiger partial charge in [0.2, 0.25) is 0 Å². The van der Waals surface area contributed by atoms with Crippen molar-refractivity contribution in [3.05, 3.63) is 66.2 Å². The summed E-state index contributed by atoms with van der Waals surface area (Å²) in [6, 6.07) is 15.8. The van der Waals surface area contributed by atoms with Crippen molar-refractivity contribution in [1.82, 2.24) is 4.90 Å². The first-order valence-electron chi connectivity index (χ1n) is 8.98. The predicted molar refractivity (Wildman–Crippen MR) is 101 cm³/mol. The number of nitrogens with zero attached hydrogens (tertiary/aromatic N) is 1. The van der Waals surface area contributed by atoms with Crippen LogP contribution in [0.5, 0.6) is 0 Å². The molecule has 0 bridgehead atoms. The average molecular weight is 388 g/mol. The highest BCUT2D eigenvalue weighted by Crippen LogP contribution is 2.27. The first kappa shape index (κ1) is 20.2. The summed E-state index contributed by atoms with van der Waals surface area (Å²) in [7, 11) is 0. The summed E-state index contributed by atoms with van der Waals surface area (Å²) < 4.78 is 5.61. The summed E-state index contributed by atoms with van der Waals surface area (Å²) in [4.78, 5) is 13.4. The maximum atomic E-state index is 12.6. The number of rotatable bonds is 5. The quantitative estimate of drug-likeness (QED) is 0.509. The standard InChI is InChI=1S/C20H24N2O6/c23-11-15-16(24)18(28-12-13-7-3-1-4-8-13)17(25)19(26)22(15)20(27)21-14-9-5-2-6-10-14/h1-10,15-19,23-26H,11-12H2,(H,21,27)/t15-,16+,17+,18-,19+/m0/s1. The first-order valence-corrected chi connectivity index (χ1v) is 8.98. The molecule has 0 saturated carbocycles. The van der Waals surface area contributed by atoms with Crippen LogP contribution in [0.15, 0.2) is 60.7 Å². The highest BCUT2D eigenvalue weighted by atomic mass is 16.5. The van der Waals surface area contributed by atoms with Crippen LogP contribution in [0.4, 0.5) is 10.5 Å². The van der Waals surface area contributed by atoms with Crippen LogP contribution in [0.3, 0.4) is 0 Å². The fourth-order valence-electron chi connectivity index (χ4n) is 3.26. The average Bonchev–Trinajstić information content (AvgIpc) is 2.71. The van der Waals surface area contributed by atoms with E-state index >= 15 is 0 Å². The van der Waals surface area contributed by atoms with E-state index < -0.39 is 43.2 Å². The van der Waals surface area contributed by atoms with Gasteiger partial charge in [-0.2, -0.15) is 0 Å². The number of carbonyl (C=O) groups excluding carboxylic acids is 1. The van der Waals surface area contributed by atoms with E-state index in [0.717, 1.165) is 10.5 Å². The summed E-state index contributed by atoms with van der Waals surface area (Å²) in [6.07, 6.45) is -5.78. The fourth-order valence-corrected chi connectivity index (χ4v) is 3.26. The van der Waals surface area contributed by atoms with E-state index in [1.165, 1.54) is 0 Å². The van der Waals surface area contributed by atoms with Crippen LogP contribution < -0.4 is 5.32 Å². The third kappa shape index (κ3) is 4.32. The topological polar surface area (TPSA) is 122 Å². The van der Waals surface area contributed by atoms with E-state index in [4.69, 9.17) is 4.74 Å². The lowest BCUT2D eigenvalue weighted by atomic mass is 9.92. The molecule has 0 radical (unpaired) electrons. The van der Waals surface area contributed by atoms with Gasteiger partial charge in [-0.3, -0.25) is 4.90 Å². The number of hydrogen-bond acceptors (Lipinski definition) is 6. The van der Waals surface area contributed by atoms with Crippen molar-refractivity contribution in [1.29, 1.82) is 0 Å². The summed E-state index contributed by atoms with van der Waals surface area (Å²) in [5.41, 5.74) is 1.30. The van der Waals surface area contributed by atoms with Gasteiger partial charge in [-0.05, 0) is 17.7 Å². The molecule has 1 fully saturated rings. The van der Waals surface area contributed by atoms with Crippen LogP contribution in [-0.2, 0) is 11.3 Å². The molecule has 2 aromatic carbocycles. The number of hydrogen-bond donors (Lipinski definition) is 5. The zero-order valence-electron chi connectivity index (χ0n) is 15.1. The number of nitrogens with one attached hydrogen (secondary N) is 1. The predicted octanol–water partition coefficient (Wildman–Crippen LogP) is 0.521. The van der Waals surface area contributed by atoms with E-state index in [0.29, 0.717) is 5.69 Å². The lowest BCUT2D eigenvalue weighted by molar-refractivity contribution is -0.222. The molecular weight excluding hydrogens is 364 g/mol. The second-order valence-corrected chi connectivity index (χ2v) is 6.61. The third-order valence-corrected chi connectivity index (χ3v) is 4.75. The maximum Gasteiger partial charge on any atom is 0.324 e. The van der Waals surface area contributed by atoms with Crippen LogP contribution in [0, 0.1) is 0 Å². The van der Waals surface area contributed by atoms with Crippen LogP contribution >= 0.6 is 0 Å². The molecule has 0 spiro atoms. The Hall–Kier alpha value is -2.49. The number of para-hydroxylation sites is 1. The second-order valence-electron chi connectivity index (χ2n) is 6.61. The van der Waals surface area contributed by atoms with Gasteiger partial charge in [0.1, 0.15) is 18.3 Å². The van der Waals surface area contributed by atoms with E-state index in [1.807, 2.05) is 30.3 Å². The number of likely N-dealkylation sites (tertiary alicyclic amines) is 1. The Balaban J connectivity index is 1.73. The molecule has 8 heteroatoms. The Morgan fingerprint density at radius 3 is 2.18 bits per heavy atom. The Morgan fingerprint density at radius 2 is 1.57 bits per heavy atom. The number of anilines is 1. The van der Waals surface area contributed by atoms with Gasteiger partial charge in [0.05, 0.1) is 19.3 Å². The smallest absolute Gasteiger partial charge is 0.324 e. The van der Waals surface area contributed by atoms with Crippen molar-refractivity contribution < 1.29 is 30.0 Å². The van der Waals surface area contributed by atoms with Crippen molar-refractivity contribution in [2.24, 2.45) is 0 Å². The van der Waals surface area contributed by atoms with Gasteiger partial charge in [0.25, 0.3) is 0 Å². The minimum Gasteiger partial charge on any atom is -0.394 e. The maximum absolute atomic E-state index is 12.6. The largest absolute Gasteiger partial charge is 0.394 e. The number of aliphatic hydroxyl groups is 4. The lowest BCUT2D eigenvalue weighted by Crippen LogP contribution is -2.69. The Morgan fingerprint density at radius 1 is 0.964 bits per heavy atom. The molecule has 8 nitrogen and oxygen atoms in total. The summed E-state index contributed by atoms with van der Waals surface area (Å²) in [5.74, 6) is 0. The SMILES string of the molecule is O=C(Nc1ccccc1)N1[C@H](O)[C@H](O)[C@@H](OCc2ccccc2)[C@H](O)[C@@H]1CO. The number of urea groups is 1. The molecule has 0 unspecified atom stereocenters. The highest BCUT2D eigenvalue weighted by molar-refractivity contribution is 5.89. The van der Waals surface area contributed by atoms with E-state index in [9.17, 15) is 25.2 Å². The van der Waals surface area contributed by atoms with Gasteiger partial charge in [-0.15, -0.1) is 0 Å². The Kier molecular flexibility index (Phi) is 6.61. The van der Waals surface area contributed by atoms with Gasteiger partial charge >= 0.3 is 6.03 Å². The number of carbonyl (C=O) groups is 1. The molecule has 150 valence electrons. The molecule has 1 saturated heterocycles. The molecule has 28 heavy (non-hydrogen) atoms. The van der Waals surface area contributed by atoms with Crippen molar-refractivity contribution in [2.45, 2.75) is 37.2 Å². The van der Waals surface area contributed by atoms with Crippen LogP contribution in [0.2, 0.25) is 0 Å². The fraction of sp³-hybridized carbons (Fsp3) is 0.350. The van der Waals surface area contributed by atoms with E-state index in [2.05, 4.69) is 5.32 Å². The van der Waals surface area contributed by atoms with Crippen molar-refractivity contribution in [3.63, 3.8) is 0 Å². The first-order chi connectivity index (χ1) is 13.5. The molecule has 5 atom stereocenters. The molecule has 2 aromatic rings. The van der Waals surface area contributed by atoms with Gasteiger partial charge in [-0.1, -0.05) is 48.5 Å². The van der Waals surface area contributed by atoms with Crippen LogP contribution in [0.1, 0.15) is 5.56 Å². The van der Waals surface area contributed by atoms with Gasteiger partial charge in [0.15, 0.2) is 6.23 Å². The van der Waals surface area contributed by atoms with Crippen molar-refractivity contribution in [2.75, 3.05) is 11.9 Å². The molecule has 1 aliphatic heterocycles. The molecule has 5 N–H and O–H groups in total. The Bertz CT molecular complexity index is 760. The molecule has 0 aliphatic carbocycles. The van der Waals surface area contributed by atoms with Gasteiger partial charge in [0, 0.05) is 5.69 Å². The molecule has 1 heterocycles. The minimum absolute atomic E-state index is 0.0979. The molecule has 1 aliphatic rings.